The van der Waals surface area contributed by atoms with E-state index in [4.69, 9.17) is 9.84 Å². The summed E-state index contributed by atoms with van der Waals surface area (Å²) in [5.74, 6) is -0.141. The number of amides is 1. The third kappa shape index (κ3) is 4.75. The second-order valence-corrected chi connectivity index (χ2v) is 12.1. The first-order chi connectivity index (χ1) is 16.3. The summed E-state index contributed by atoms with van der Waals surface area (Å²) in [5.41, 5.74) is -0.417. The van der Waals surface area contributed by atoms with Crippen molar-refractivity contribution in [2.45, 2.75) is 49.1 Å². The van der Waals surface area contributed by atoms with Gasteiger partial charge in [0.2, 0.25) is 15.9 Å². The van der Waals surface area contributed by atoms with E-state index in [1.165, 1.54) is 24.3 Å². The summed E-state index contributed by atoms with van der Waals surface area (Å²) in [6.45, 7) is 4.08. The number of aliphatic hydroxyl groups is 1. The highest BCUT2D eigenvalue weighted by molar-refractivity contribution is 7.89. The quantitative estimate of drug-likeness (QED) is 0.585. The molecule has 4 fully saturated rings. The molecule has 1 aromatic carbocycles. The zero-order chi connectivity index (χ0) is 23.9. The zero-order valence-electron chi connectivity index (χ0n) is 19.4. The van der Waals surface area contributed by atoms with Crippen LogP contribution in [-0.4, -0.2) is 98.2 Å². The number of hydrogen-bond donors (Lipinski definition) is 1. The Morgan fingerprint density at radius 3 is 2.35 bits per heavy atom. The molecule has 2 saturated heterocycles. The van der Waals surface area contributed by atoms with Crippen LogP contribution >= 0.6 is 0 Å². The minimum atomic E-state index is -3.87. The second-order valence-electron chi connectivity index (χ2n) is 10.2. The van der Waals surface area contributed by atoms with Gasteiger partial charge in [-0.15, -0.1) is 0 Å². The molecule has 2 aliphatic carbocycles. The molecule has 2 saturated carbocycles. The third-order valence-corrected chi connectivity index (χ3v) is 9.95. The van der Waals surface area contributed by atoms with Gasteiger partial charge in [-0.3, -0.25) is 9.69 Å². The van der Waals surface area contributed by atoms with Crippen LogP contribution in [0.5, 0.6) is 0 Å². The molecule has 34 heavy (non-hydrogen) atoms. The van der Waals surface area contributed by atoms with Crippen LogP contribution in [0.25, 0.3) is 0 Å². The lowest BCUT2D eigenvalue weighted by molar-refractivity contribution is -0.136. The Balaban J connectivity index is 1.36. The number of morpholine rings is 1. The monoisotopic (exact) mass is 495 g/mol. The van der Waals surface area contributed by atoms with E-state index in [1.54, 1.807) is 4.31 Å². The van der Waals surface area contributed by atoms with E-state index in [1.807, 2.05) is 4.90 Å². The van der Waals surface area contributed by atoms with Gasteiger partial charge in [-0.1, -0.05) is 0 Å². The molecule has 5 rings (SSSR count). The van der Waals surface area contributed by atoms with E-state index in [0.717, 1.165) is 38.8 Å². The molecule has 0 bridgehead atoms. The molecule has 0 radical (unpaired) electrons. The molecule has 4 aliphatic rings. The molecule has 8 nitrogen and oxygen atoms in total. The highest BCUT2D eigenvalue weighted by Crippen LogP contribution is 2.56. The molecule has 1 aromatic rings. The van der Waals surface area contributed by atoms with Crippen molar-refractivity contribution in [2.75, 3.05) is 52.5 Å². The van der Waals surface area contributed by atoms with Crippen LogP contribution in [0.15, 0.2) is 29.2 Å². The summed E-state index contributed by atoms with van der Waals surface area (Å²) in [4.78, 5) is 17.4. The molecular weight excluding hydrogens is 461 g/mol. The first kappa shape index (κ1) is 24.1. The SMILES string of the molecule is O=C(CC1([C@H]2COC[C@@H](C3CC3)N2S(=O)(=O)c2ccc(F)cc2)CC1)N1CCN(CCO)CC1. The highest BCUT2D eigenvalue weighted by Gasteiger charge is 2.59. The first-order valence-corrected chi connectivity index (χ1v) is 13.8. The van der Waals surface area contributed by atoms with Crippen LogP contribution in [0.1, 0.15) is 32.1 Å². The van der Waals surface area contributed by atoms with Crippen LogP contribution in [0.4, 0.5) is 4.39 Å². The van der Waals surface area contributed by atoms with Crippen LogP contribution in [0, 0.1) is 17.2 Å². The number of carbonyl (C=O) groups is 1. The van der Waals surface area contributed by atoms with Crippen molar-refractivity contribution in [3.8, 4) is 0 Å². The Hall–Kier alpha value is -1.59. The van der Waals surface area contributed by atoms with Gasteiger partial charge < -0.3 is 14.7 Å². The molecule has 2 heterocycles. The molecule has 0 unspecified atom stereocenters. The van der Waals surface area contributed by atoms with Gasteiger partial charge in [0, 0.05) is 39.1 Å². The number of β-amino-alcohol motifs (C(OH)–C–C–N with tert-alkyl or cyclic N) is 1. The van der Waals surface area contributed by atoms with Gasteiger partial charge in [-0.05, 0) is 61.3 Å². The molecule has 0 aromatic heterocycles. The summed E-state index contributed by atoms with van der Waals surface area (Å²) < 4.78 is 48.8. The fourth-order valence-electron chi connectivity index (χ4n) is 5.59. The molecule has 10 heteroatoms. The van der Waals surface area contributed by atoms with E-state index in [0.29, 0.717) is 32.7 Å². The maximum absolute atomic E-state index is 13.8. The Morgan fingerprint density at radius 1 is 1.09 bits per heavy atom. The molecule has 0 spiro atoms. The van der Waals surface area contributed by atoms with E-state index in [-0.39, 0.29) is 36.0 Å². The largest absolute Gasteiger partial charge is 0.395 e. The van der Waals surface area contributed by atoms with E-state index in [9.17, 15) is 17.6 Å². The molecule has 188 valence electrons. The summed E-state index contributed by atoms with van der Waals surface area (Å²) in [7, 11) is -3.87. The summed E-state index contributed by atoms with van der Waals surface area (Å²) >= 11 is 0. The van der Waals surface area contributed by atoms with Crippen molar-refractivity contribution in [1.82, 2.24) is 14.1 Å². The molecular formula is C24H34FN3O5S. The van der Waals surface area contributed by atoms with Crippen molar-refractivity contribution in [1.29, 1.82) is 0 Å². The number of sulfonamides is 1. The zero-order valence-corrected chi connectivity index (χ0v) is 20.3. The number of aliphatic hydroxyl groups excluding tert-OH is 1. The van der Waals surface area contributed by atoms with Gasteiger partial charge in [0.25, 0.3) is 0 Å². The Morgan fingerprint density at radius 2 is 1.76 bits per heavy atom. The van der Waals surface area contributed by atoms with E-state index < -0.39 is 27.3 Å². The number of ether oxygens (including phenoxy) is 1. The average Bonchev–Trinajstić information content (AvgIpc) is 3.75. The smallest absolute Gasteiger partial charge is 0.243 e. The van der Waals surface area contributed by atoms with Crippen LogP contribution in [-0.2, 0) is 19.6 Å². The van der Waals surface area contributed by atoms with Crippen LogP contribution in [0.2, 0.25) is 0 Å². The standard InChI is InChI=1S/C24H34FN3O5S/c25-19-3-5-20(6-4-19)34(31,32)28-21(18-1-2-18)16-33-17-22(28)24(7-8-24)15-23(30)27-11-9-26(10-12-27)13-14-29/h3-6,18,21-22,29H,1-2,7-17H2/t21-,22+/m0/s1. The fraction of sp³-hybridized carbons (Fsp3) is 0.708. The topological polar surface area (TPSA) is 90.4 Å². The van der Waals surface area contributed by atoms with Crippen LogP contribution < -0.4 is 0 Å². The molecule has 1 N–H and O–H groups in total. The predicted molar refractivity (Wildman–Crippen MR) is 123 cm³/mol. The predicted octanol–water partition coefficient (Wildman–Crippen LogP) is 1.30. The maximum atomic E-state index is 13.8. The number of piperazine rings is 1. The number of nitrogens with zero attached hydrogens (tertiary/aromatic N) is 3. The first-order valence-electron chi connectivity index (χ1n) is 12.3. The normalized spacial score (nSPS) is 28.1. The summed E-state index contributed by atoms with van der Waals surface area (Å²) in [6.07, 6.45) is 3.85. The third-order valence-electron chi connectivity index (χ3n) is 8.00. The van der Waals surface area contributed by atoms with Crippen LogP contribution in [0.3, 0.4) is 0 Å². The van der Waals surface area contributed by atoms with Crippen molar-refractivity contribution in [3.63, 3.8) is 0 Å². The van der Waals surface area contributed by atoms with Gasteiger partial charge in [0.05, 0.1) is 36.8 Å². The molecule has 2 aliphatic heterocycles. The summed E-state index contributed by atoms with van der Waals surface area (Å²) in [6, 6.07) is 4.38. The minimum absolute atomic E-state index is 0.0637. The second kappa shape index (κ2) is 9.46. The molecule has 1 amide bonds. The highest BCUT2D eigenvalue weighted by atomic mass is 32.2. The van der Waals surface area contributed by atoms with Gasteiger partial charge in [-0.25, -0.2) is 12.8 Å². The Bertz CT molecular complexity index is 988. The summed E-state index contributed by atoms with van der Waals surface area (Å²) in [5, 5.41) is 9.14. The van der Waals surface area contributed by atoms with Gasteiger partial charge >= 0.3 is 0 Å². The Kier molecular flexibility index (Phi) is 6.71. The lowest BCUT2D eigenvalue weighted by Gasteiger charge is -2.45. The number of hydrogen-bond acceptors (Lipinski definition) is 6. The number of carbonyl (C=O) groups excluding carboxylic acids is 1. The van der Waals surface area contributed by atoms with E-state index >= 15 is 0 Å². The molecule has 2 atom stereocenters. The minimum Gasteiger partial charge on any atom is -0.395 e. The Labute approximate surface area is 200 Å². The number of benzene rings is 1. The lowest BCUT2D eigenvalue weighted by Crippen LogP contribution is -2.59. The van der Waals surface area contributed by atoms with Crippen molar-refractivity contribution < 1.29 is 27.4 Å². The van der Waals surface area contributed by atoms with Gasteiger partial charge in [-0.2, -0.15) is 4.31 Å². The van der Waals surface area contributed by atoms with Crippen molar-refractivity contribution in [2.24, 2.45) is 11.3 Å². The van der Waals surface area contributed by atoms with Gasteiger partial charge in [0.15, 0.2) is 0 Å². The van der Waals surface area contributed by atoms with E-state index in [2.05, 4.69) is 4.90 Å². The van der Waals surface area contributed by atoms with Crippen molar-refractivity contribution >= 4 is 15.9 Å². The van der Waals surface area contributed by atoms with Gasteiger partial charge in [0.1, 0.15) is 5.82 Å². The number of rotatable bonds is 8. The lowest BCUT2D eigenvalue weighted by atomic mass is 9.90. The van der Waals surface area contributed by atoms with Crippen molar-refractivity contribution in [3.05, 3.63) is 30.1 Å². The maximum Gasteiger partial charge on any atom is 0.243 e. The average molecular weight is 496 g/mol. The number of halogens is 1. The fourth-order valence-corrected chi connectivity index (χ4v) is 7.52.